The maximum atomic E-state index is 14.0. The number of carbonyl (C=O) groups is 2. The van der Waals surface area contributed by atoms with Crippen LogP contribution in [0.4, 0.5) is 14.5 Å². The quantitative estimate of drug-likeness (QED) is 0.587. The van der Waals surface area contributed by atoms with Gasteiger partial charge in [-0.15, -0.1) is 0 Å². The summed E-state index contributed by atoms with van der Waals surface area (Å²) < 4.78 is 55.5. The molecule has 0 unspecified atom stereocenters. The number of nitrogens with one attached hydrogen (secondary N) is 1. The molecule has 0 spiro atoms. The van der Waals surface area contributed by atoms with Crippen molar-refractivity contribution in [1.82, 2.24) is 0 Å². The van der Waals surface area contributed by atoms with Crippen molar-refractivity contribution in [2.75, 3.05) is 11.9 Å². The Morgan fingerprint density at radius 1 is 1.04 bits per heavy atom. The van der Waals surface area contributed by atoms with Crippen LogP contribution < -0.4 is 5.32 Å². The third kappa shape index (κ3) is 4.30. The molecule has 6 nitrogen and oxygen atoms in total. The molecule has 1 N–H and O–H groups in total. The number of Topliss-reactive ketones (excluding diaryl/α,β-unsaturated/α-hetero) is 1. The zero-order chi connectivity index (χ0) is 19.4. The molecule has 0 radical (unpaired) electrons. The minimum atomic E-state index is -5.66. The number of alkyl halides is 2. The molecule has 2 aromatic rings. The Bertz CT molecular complexity index is 914. The number of aryl methyl sites for hydroxylation is 1. The molecule has 0 bridgehead atoms. The van der Waals surface area contributed by atoms with Gasteiger partial charge in [0, 0.05) is 11.3 Å². The minimum Gasteiger partial charge on any atom is -0.320 e. The van der Waals surface area contributed by atoms with Crippen LogP contribution in [0.1, 0.15) is 15.9 Å². The fourth-order valence-corrected chi connectivity index (χ4v) is 2.70. The molecule has 2 rings (SSSR count). The second-order valence-electron chi connectivity index (χ2n) is 5.29. The number of amides is 1. The normalized spacial score (nSPS) is 11.8. The van der Waals surface area contributed by atoms with Crippen LogP contribution in [0.25, 0.3) is 0 Å². The molecule has 0 saturated carbocycles. The number of anilines is 1. The minimum absolute atomic E-state index is 0.0108. The summed E-state index contributed by atoms with van der Waals surface area (Å²) in [4.78, 5) is 23.6. The maximum Gasteiger partial charge on any atom is 0.447 e. The molecule has 0 aliphatic rings. The average Bonchev–Trinajstić information content (AvgIpc) is 2.60. The first-order valence-corrected chi connectivity index (χ1v) is 8.78. The first-order valence-electron chi connectivity index (χ1n) is 7.37. The van der Waals surface area contributed by atoms with E-state index in [0.29, 0.717) is 5.56 Å². The van der Waals surface area contributed by atoms with Gasteiger partial charge in [-0.2, -0.15) is 17.2 Å². The van der Waals surface area contributed by atoms with Crippen molar-refractivity contribution in [2.45, 2.75) is 12.2 Å². The summed E-state index contributed by atoms with van der Waals surface area (Å²) in [6, 6.07) is 13.4. The molecule has 1 amide bonds. The van der Waals surface area contributed by atoms with Crippen LogP contribution in [0, 0.1) is 6.92 Å². The van der Waals surface area contributed by atoms with E-state index in [1.807, 2.05) is 0 Å². The Labute approximate surface area is 148 Å². The van der Waals surface area contributed by atoms with E-state index in [-0.39, 0.29) is 11.3 Å². The van der Waals surface area contributed by atoms with E-state index in [0.717, 1.165) is 0 Å². The van der Waals surface area contributed by atoms with Crippen molar-refractivity contribution >= 4 is 27.5 Å². The monoisotopic (exact) mass is 383 g/mol. The van der Waals surface area contributed by atoms with Crippen LogP contribution in [0.2, 0.25) is 0 Å². The first kappa shape index (κ1) is 19.7. The summed E-state index contributed by atoms with van der Waals surface area (Å²) in [6.45, 7) is 0.463. The molecule has 0 heterocycles. The van der Waals surface area contributed by atoms with Crippen LogP contribution >= 0.6 is 0 Å². The van der Waals surface area contributed by atoms with Gasteiger partial charge >= 0.3 is 21.3 Å². The van der Waals surface area contributed by atoms with E-state index in [1.54, 1.807) is 30.4 Å². The largest absolute Gasteiger partial charge is 0.447 e. The number of hydrogen-bond acceptors (Lipinski definition) is 5. The van der Waals surface area contributed by atoms with E-state index >= 15 is 0 Å². The lowest BCUT2D eigenvalue weighted by molar-refractivity contribution is -0.130. The first-order chi connectivity index (χ1) is 12.1. The molecule has 0 aromatic heterocycles. The number of rotatable bonds is 7. The van der Waals surface area contributed by atoms with Gasteiger partial charge in [-0.25, -0.2) is 0 Å². The van der Waals surface area contributed by atoms with Crippen molar-refractivity contribution in [1.29, 1.82) is 0 Å². The van der Waals surface area contributed by atoms with Gasteiger partial charge in [0.15, 0.2) is 5.78 Å². The Morgan fingerprint density at radius 3 is 2.23 bits per heavy atom. The lowest BCUT2D eigenvalue weighted by Gasteiger charge is -2.16. The fourth-order valence-electron chi connectivity index (χ4n) is 2.01. The highest BCUT2D eigenvalue weighted by Gasteiger charge is 2.54. The lowest BCUT2D eigenvalue weighted by Crippen LogP contribution is -2.43. The van der Waals surface area contributed by atoms with E-state index < -0.39 is 33.7 Å². The number of ketones is 1. The number of benzene rings is 2. The van der Waals surface area contributed by atoms with Gasteiger partial charge in [0.25, 0.3) is 0 Å². The zero-order valence-corrected chi connectivity index (χ0v) is 14.4. The van der Waals surface area contributed by atoms with Crippen molar-refractivity contribution < 1.29 is 31.0 Å². The Morgan fingerprint density at radius 2 is 1.62 bits per heavy atom. The number of hydrogen-bond donors (Lipinski definition) is 1. The van der Waals surface area contributed by atoms with Crippen LogP contribution in [-0.4, -0.2) is 32.0 Å². The van der Waals surface area contributed by atoms with E-state index in [9.17, 15) is 26.8 Å². The summed E-state index contributed by atoms with van der Waals surface area (Å²) in [5.74, 6) is -2.88. The number of para-hydroxylation sites is 1. The average molecular weight is 383 g/mol. The van der Waals surface area contributed by atoms with E-state index in [2.05, 4.69) is 4.18 Å². The highest BCUT2D eigenvalue weighted by atomic mass is 32.2. The third-order valence-corrected chi connectivity index (χ3v) is 4.64. The third-order valence-electron chi connectivity index (χ3n) is 3.40. The zero-order valence-electron chi connectivity index (χ0n) is 13.6. The second-order valence-corrected chi connectivity index (χ2v) is 6.95. The smallest absolute Gasteiger partial charge is 0.320 e. The molecule has 9 heteroatoms. The fraction of sp³-hybridized carbons (Fsp3) is 0.176. The van der Waals surface area contributed by atoms with Gasteiger partial charge in [-0.3, -0.25) is 13.8 Å². The van der Waals surface area contributed by atoms with Gasteiger partial charge in [-0.1, -0.05) is 42.5 Å². The topological polar surface area (TPSA) is 89.5 Å². The Hall–Kier alpha value is -2.65. The predicted octanol–water partition coefficient (Wildman–Crippen LogP) is 2.76. The van der Waals surface area contributed by atoms with Crippen molar-refractivity contribution in [3.05, 3.63) is 65.7 Å². The molecule has 26 heavy (non-hydrogen) atoms. The highest BCUT2D eigenvalue weighted by molar-refractivity contribution is 7.88. The van der Waals surface area contributed by atoms with Crippen molar-refractivity contribution in [3.63, 3.8) is 0 Å². The molecular weight excluding hydrogens is 368 g/mol. The molecular formula is C17H15F2NO5S. The molecule has 0 saturated heterocycles. The molecule has 0 aliphatic heterocycles. The van der Waals surface area contributed by atoms with E-state index in [4.69, 9.17) is 0 Å². The summed E-state index contributed by atoms with van der Waals surface area (Å²) in [6.07, 6.45) is 0. The van der Waals surface area contributed by atoms with Crippen LogP contribution in [0.5, 0.6) is 0 Å². The van der Waals surface area contributed by atoms with Crippen LogP contribution in [-0.2, 0) is 19.1 Å². The summed E-state index contributed by atoms with van der Waals surface area (Å²) in [5.41, 5.74) is 0.662. The van der Waals surface area contributed by atoms with Gasteiger partial charge in [0.05, 0.1) is 0 Å². The predicted molar refractivity (Wildman–Crippen MR) is 90.4 cm³/mol. The summed E-state index contributed by atoms with van der Waals surface area (Å²) in [5, 5.41) is -3.08. The van der Waals surface area contributed by atoms with E-state index in [1.165, 1.54) is 36.4 Å². The SMILES string of the molecule is Cc1ccccc1C(=O)COS(=O)(=O)C(F)(F)C(=O)Nc1ccccc1. The molecule has 0 fully saturated rings. The molecule has 138 valence electrons. The highest BCUT2D eigenvalue weighted by Crippen LogP contribution is 2.26. The standard InChI is InChI=1S/C17H15F2NO5S/c1-12-7-5-6-10-14(12)15(21)11-25-26(23,24)17(18,19)16(22)20-13-8-3-2-4-9-13/h2-10H,11H2,1H3,(H,20,22). The van der Waals surface area contributed by atoms with Gasteiger partial charge in [0.2, 0.25) is 0 Å². The summed E-state index contributed by atoms with van der Waals surface area (Å²) >= 11 is 0. The summed E-state index contributed by atoms with van der Waals surface area (Å²) in [7, 11) is -5.66. The van der Waals surface area contributed by atoms with Gasteiger partial charge < -0.3 is 5.32 Å². The lowest BCUT2D eigenvalue weighted by atomic mass is 10.1. The van der Waals surface area contributed by atoms with Crippen LogP contribution in [0.3, 0.4) is 0 Å². The van der Waals surface area contributed by atoms with Crippen molar-refractivity contribution in [3.8, 4) is 0 Å². The number of halogens is 2. The molecule has 2 aromatic carbocycles. The maximum absolute atomic E-state index is 14.0. The molecule has 0 atom stereocenters. The Balaban J connectivity index is 2.09. The van der Waals surface area contributed by atoms with Gasteiger partial charge in [0.1, 0.15) is 6.61 Å². The van der Waals surface area contributed by atoms with Crippen LogP contribution in [0.15, 0.2) is 54.6 Å². The second kappa shape index (κ2) is 7.71. The van der Waals surface area contributed by atoms with Crippen molar-refractivity contribution in [2.24, 2.45) is 0 Å². The number of carbonyl (C=O) groups excluding carboxylic acids is 2. The Kier molecular flexibility index (Phi) is 5.83. The molecule has 0 aliphatic carbocycles. The van der Waals surface area contributed by atoms with Gasteiger partial charge in [-0.05, 0) is 24.6 Å².